The lowest BCUT2D eigenvalue weighted by molar-refractivity contribution is -0.114. The summed E-state index contributed by atoms with van der Waals surface area (Å²) >= 11 is 0. The summed E-state index contributed by atoms with van der Waals surface area (Å²) in [5.41, 5.74) is 6.13. The Balaban J connectivity index is 2.71. The molecule has 0 unspecified atom stereocenters. The standard InChI is InChI=1S/C8H8N2O3S/c9-5-1-2-6-7(3-5)14(12,13)4-8(11)10-6/h1-3H,4,9H2,(H,10,11). The van der Waals surface area contributed by atoms with Gasteiger partial charge in [0.1, 0.15) is 5.75 Å². The zero-order valence-corrected chi connectivity index (χ0v) is 7.97. The second-order valence-corrected chi connectivity index (χ2v) is 5.02. The van der Waals surface area contributed by atoms with Crippen LogP contribution in [0, 0.1) is 0 Å². The number of amides is 1. The topological polar surface area (TPSA) is 89.3 Å². The Hall–Kier alpha value is -1.56. The fourth-order valence-electron chi connectivity index (χ4n) is 1.34. The second kappa shape index (κ2) is 2.71. The van der Waals surface area contributed by atoms with Gasteiger partial charge in [0, 0.05) is 5.69 Å². The van der Waals surface area contributed by atoms with Crippen LogP contribution in [0.4, 0.5) is 11.4 Å². The highest BCUT2D eigenvalue weighted by Crippen LogP contribution is 2.28. The molecular formula is C8H8N2O3S. The smallest absolute Gasteiger partial charge is 0.239 e. The Morgan fingerprint density at radius 1 is 1.36 bits per heavy atom. The number of anilines is 2. The van der Waals surface area contributed by atoms with E-state index in [1.165, 1.54) is 12.1 Å². The summed E-state index contributed by atoms with van der Waals surface area (Å²) in [4.78, 5) is 11.1. The summed E-state index contributed by atoms with van der Waals surface area (Å²) in [6, 6.07) is 4.38. The van der Waals surface area contributed by atoms with Crippen molar-refractivity contribution in [2.75, 3.05) is 16.8 Å². The molecule has 3 N–H and O–H groups in total. The highest BCUT2D eigenvalue weighted by atomic mass is 32.2. The molecule has 0 aromatic heterocycles. The van der Waals surface area contributed by atoms with E-state index < -0.39 is 21.5 Å². The SMILES string of the molecule is Nc1ccc2c(c1)S(=O)(=O)CC(=O)N2. The second-order valence-electron chi connectivity index (χ2n) is 3.06. The van der Waals surface area contributed by atoms with Crippen LogP contribution in [0.25, 0.3) is 0 Å². The number of nitrogens with two attached hydrogens (primary N) is 1. The minimum atomic E-state index is -3.51. The first-order valence-electron chi connectivity index (χ1n) is 3.91. The predicted octanol–water partition coefficient (Wildman–Crippen LogP) is -0.00540. The lowest BCUT2D eigenvalue weighted by Gasteiger charge is -2.16. The van der Waals surface area contributed by atoms with E-state index in [4.69, 9.17) is 5.73 Å². The molecule has 14 heavy (non-hydrogen) atoms. The molecule has 0 aliphatic carbocycles. The largest absolute Gasteiger partial charge is 0.399 e. The Morgan fingerprint density at radius 2 is 2.07 bits per heavy atom. The molecule has 1 aromatic rings. The van der Waals surface area contributed by atoms with Crippen molar-refractivity contribution in [3.8, 4) is 0 Å². The summed E-state index contributed by atoms with van der Waals surface area (Å²) in [6.45, 7) is 0. The van der Waals surface area contributed by atoms with E-state index >= 15 is 0 Å². The number of carbonyl (C=O) groups excluding carboxylic acids is 1. The first kappa shape index (κ1) is 9.01. The van der Waals surface area contributed by atoms with Crippen molar-refractivity contribution in [3.05, 3.63) is 18.2 Å². The summed E-state index contributed by atoms with van der Waals surface area (Å²) in [7, 11) is -3.51. The third-order valence-corrected chi connectivity index (χ3v) is 3.59. The molecule has 5 nitrogen and oxygen atoms in total. The van der Waals surface area contributed by atoms with E-state index in [1.807, 2.05) is 0 Å². The van der Waals surface area contributed by atoms with Crippen LogP contribution >= 0.6 is 0 Å². The van der Waals surface area contributed by atoms with Crippen LogP contribution in [0.2, 0.25) is 0 Å². The quantitative estimate of drug-likeness (QED) is 0.592. The maximum atomic E-state index is 11.5. The molecule has 0 saturated carbocycles. The number of hydrogen-bond acceptors (Lipinski definition) is 4. The lowest BCUT2D eigenvalue weighted by atomic mass is 10.3. The van der Waals surface area contributed by atoms with Gasteiger partial charge in [-0.2, -0.15) is 0 Å². The number of rotatable bonds is 0. The van der Waals surface area contributed by atoms with Crippen LogP contribution in [0.3, 0.4) is 0 Å². The van der Waals surface area contributed by atoms with Gasteiger partial charge in [0.05, 0.1) is 10.6 Å². The number of nitrogen functional groups attached to an aromatic ring is 1. The molecule has 2 rings (SSSR count). The van der Waals surface area contributed by atoms with Crippen LogP contribution in [-0.4, -0.2) is 20.1 Å². The molecule has 74 valence electrons. The van der Waals surface area contributed by atoms with E-state index in [0.29, 0.717) is 11.4 Å². The highest BCUT2D eigenvalue weighted by Gasteiger charge is 2.28. The van der Waals surface area contributed by atoms with Crippen molar-refractivity contribution in [2.45, 2.75) is 4.90 Å². The number of carbonyl (C=O) groups is 1. The minimum absolute atomic E-state index is 0.0945. The van der Waals surface area contributed by atoms with Crippen LogP contribution in [0.5, 0.6) is 0 Å². The van der Waals surface area contributed by atoms with Crippen molar-refractivity contribution >= 4 is 27.1 Å². The van der Waals surface area contributed by atoms with Crippen molar-refractivity contribution in [1.82, 2.24) is 0 Å². The Labute approximate surface area is 80.8 Å². The first-order chi connectivity index (χ1) is 6.49. The maximum absolute atomic E-state index is 11.5. The molecule has 1 aliphatic heterocycles. The van der Waals surface area contributed by atoms with Crippen molar-refractivity contribution < 1.29 is 13.2 Å². The molecule has 1 aromatic carbocycles. The summed E-state index contributed by atoms with van der Waals surface area (Å²) in [5, 5.41) is 2.47. The third kappa shape index (κ3) is 1.33. The molecule has 0 spiro atoms. The molecule has 1 heterocycles. The van der Waals surface area contributed by atoms with Gasteiger partial charge in [-0.25, -0.2) is 8.42 Å². The normalized spacial score (nSPS) is 18.4. The van der Waals surface area contributed by atoms with Crippen LogP contribution in [0.15, 0.2) is 23.1 Å². The number of fused-ring (bicyclic) bond motifs is 1. The predicted molar refractivity (Wildman–Crippen MR) is 51.5 cm³/mol. The molecule has 0 fully saturated rings. The van der Waals surface area contributed by atoms with E-state index in [1.54, 1.807) is 6.07 Å². The number of sulfone groups is 1. The molecule has 0 atom stereocenters. The van der Waals surface area contributed by atoms with Gasteiger partial charge in [-0.1, -0.05) is 0 Å². The number of benzene rings is 1. The van der Waals surface area contributed by atoms with Gasteiger partial charge in [0.15, 0.2) is 9.84 Å². The zero-order valence-electron chi connectivity index (χ0n) is 7.15. The van der Waals surface area contributed by atoms with Crippen LogP contribution in [-0.2, 0) is 14.6 Å². The van der Waals surface area contributed by atoms with Gasteiger partial charge < -0.3 is 11.1 Å². The lowest BCUT2D eigenvalue weighted by Crippen LogP contribution is -2.29. The first-order valence-corrected chi connectivity index (χ1v) is 5.56. The van der Waals surface area contributed by atoms with Crippen molar-refractivity contribution in [2.24, 2.45) is 0 Å². The van der Waals surface area contributed by atoms with Crippen LogP contribution in [0.1, 0.15) is 0 Å². The average molecular weight is 212 g/mol. The third-order valence-electron chi connectivity index (χ3n) is 1.94. The molecule has 0 saturated heterocycles. The van der Waals surface area contributed by atoms with Gasteiger partial charge in [-0.15, -0.1) is 0 Å². The van der Waals surface area contributed by atoms with Gasteiger partial charge in [-0.3, -0.25) is 4.79 Å². The number of nitrogens with one attached hydrogen (secondary N) is 1. The summed E-state index contributed by atoms with van der Waals surface area (Å²) in [5.74, 6) is -1.02. The number of hydrogen-bond donors (Lipinski definition) is 2. The van der Waals surface area contributed by atoms with Gasteiger partial charge in [0.2, 0.25) is 5.91 Å². The summed E-state index contributed by atoms with van der Waals surface area (Å²) < 4.78 is 23.0. The molecule has 1 amide bonds. The molecule has 0 radical (unpaired) electrons. The van der Waals surface area contributed by atoms with Gasteiger partial charge in [0.25, 0.3) is 0 Å². The average Bonchev–Trinajstić information content (AvgIpc) is 2.05. The van der Waals surface area contributed by atoms with E-state index in [2.05, 4.69) is 5.32 Å². The fraction of sp³-hybridized carbons (Fsp3) is 0.125. The van der Waals surface area contributed by atoms with E-state index in [0.717, 1.165) is 0 Å². The van der Waals surface area contributed by atoms with Crippen molar-refractivity contribution in [3.63, 3.8) is 0 Å². The van der Waals surface area contributed by atoms with Crippen molar-refractivity contribution in [1.29, 1.82) is 0 Å². The highest BCUT2D eigenvalue weighted by molar-refractivity contribution is 7.92. The maximum Gasteiger partial charge on any atom is 0.239 e. The summed E-state index contributed by atoms with van der Waals surface area (Å²) in [6.07, 6.45) is 0. The van der Waals surface area contributed by atoms with Crippen LogP contribution < -0.4 is 11.1 Å². The Bertz CT molecular complexity index is 507. The Kier molecular flexibility index (Phi) is 1.75. The Morgan fingerprint density at radius 3 is 2.79 bits per heavy atom. The monoisotopic (exact) mass is 212 g/mol. The molecular weight excluding hydrogens is 204 g/mol. The molecule has 0 bridgehead atoms. The minimum Gasteiger partial charge on any atom is -0.399 e. The molecule has 1 aliphatic rings. The molecule has 6 heteroatoms. The van der Waals surface area contributed by atoms with E-state index in [-0.39, 0.29) is 4.90 Å². The van der Waals surface area contributed by atoms with Gasteiger partial charge in [-0.05, 0) is 18.2 Å². The zero-order chi connectivity index (χ0) is 10.3. The fourth-order valence-corrected chi connectivity index (χ4v) is 2.68. The van der Waals surface area contributed by atoms with E-state index in [9.17, 15) is 13.2 Å². The van der Waals surface area contributed by atoms with Gasteiger partial charge >= 0.3 is 0 Å².